The fourth-order valence-electron chi connectivity index (χ4n) is 1.34. The molecule has 1 aromatic rings. The maximum Gasteiger partial charge on any atom is 0.251 e. The highest BCUT2D eigenvalue weighted by atomic mass is 79.9. The van der Waals surface area contributed by atoms with Crippen LogP contribution in [-0.2, 0) is 10.8 Å². The van der Waals surface area contributed by atoms with E-state index in [1.165, 1.54) is 0 Å². The van der Waals surface area contributed by atoms with E-state index in [9.17, 15) is 9.00 Å². The molecule has 2 unspecified atom stereocenters. The Kier molecular flexibility index (Phi) is 5.62. The molecule has 0 aliphatic carbocycles. The lowest BCUT2D eigenvalue weighted by atomic mass is 10.2. The fourth-order valence-corrected chi connectivity index (χ4v) is 2.62. The molecule has 1 aromatic carbocycles. The van der Waals surface area contributed by atoms with Crippen molar-refractivity contribution in [1.29, 1.82) is 0 Å². The van der Waals surface area contributed by atoms with Crippen molar-refractivity contribution in [2.45, 2.75) is 13.0 Å². The third kappa shape index (κ3) is 4.77. The molecule has 0 fully saturated rings. The lowest BCUT2D eigenvalue weighted by Crippen LogP contribution is -2.36. The summed E-state index contributed by atoms with van der Waals surface area (Å²) >= 11 is 9.10. The highest BCUT2D eigenvalue weighted by molar-refractivity contribution is 9.10. The molecular weight excluding hydrogens is 326 g/mol. The molecule has 0 aromatic heterocycles. The molecule has 0 aliphatic heterocycles. The van der Waals surface area contributed by atoms with Crippen molar-refractivity contribution in [3.05, 3.63) is 33.3 Å². The number of nitrogens with one attached hydrogen (secondary N) is 1. The average molecular weight is 339 g/mol. The van der Waals surface area contributed by atoms with E-state index in [1.54, 1.807) is 24.5 Å². The Labute approximate surface area is 117 Å². The van der Waals surface area contributed by atoms with Crippen molar-refractivity contribution in [3.8, 4) is 0 Å². The van der Waals surface area contributed by atoms with Crippen molar-refractivity contribution in [3.63, 3.8) is 0 Å². The minimum atomic E-state index is -0.922. The predicted octanol–water partition coefficient (Wildman–Crippen LogP) is 2.60. The number of hydrogen-bond donors (Lipinski definition) is 1. The molecule has 6 heteroatoms. The van der Waals surface area contributed by atoms with Crippen molar-refractivity contribution in [2.24, 2.45) is 0 Å². The second-order valence-electron chi connectivity index (χ2n) is 3.74. The molecule has 0 saturated heterocycles. The highest BCUT2D eigenvalue weighted by Gasteiger charge is 2.11. The van der Waals surface area contributed by atoms with Crippen LogP contribution in [0.5, 0.6) is 0 Å². The molecule has 1 rings (SSSR count). The zero-order valence-electron chi connectivity index (χ0n) is 9.50. The van der Waals surface area contributed by atoms with Gasteiger partial charge in [-0.25, -0.2) is 0 Å². The van der Waals surface area contributed by atoms with Gasteiger partial charge in [-0.1, -0.05) is 11.6 Å². The van der Waals surface area contributed by atoms with Gasteiger partial charge in [0.25, 0.3) is 5.91 Å². The Hall–Kier alpha value is -0.390. The summed E-state index contributed by atoms with van der Waals surface area (Å²) in [7, 11) is -0.922. The summed E-state index contributed by atoms with van der Waals surface area (Å²) in [6.07, 6.45) is 1.61. The molecular formula is C11H13BrClNO2S. The summed E-state index contributed by atoms with van der Waals surface area (Å²) in [5.74, 6) is 0.251. The molecule has 0 saturated carbocycles. The van der Waals surface area contributed by atoms with Crippen LogP contribution in [-0.4, -0.2) is 28.2 Å². The van der Waals surface area contributed by atoms with E-state index in [0.717, 1.165) is 0 Å². The van der Waals surface area contributed by atoms with Gasteiger partial charge in [0.05, 0.1) is 5.02 Å². The first-order chi connectivity index (χ1) is 7.90. The van der Waals surface area contributed by atoms with Crippen LogP contribution in [0.15, 0.2) is 22.7 Å². The molecule has 94 valence electrons. The van der Waals surface area contributed by atoms with Crippen LogP contribution < -0.4 is 5.32 Å². The summed E-state index contributed by atoms with van der Waals surface area (Å²) in [5.41, 5.74) is 0.523. The number of amides is 1. The number of rotatable bonds is 4. The Morgan fingerprint density at radius 1 is 1.59 bits per heavy atom. The lowest BCUT2D eigenvalue weighted by molar-refractivity contribution is 0.0943. The number of hydrogen-bond acceptors (Lipinski definition) is 2. The first kappa shape index (κ1) is 14.7. The number of carbonyl (C=O) groups excluding carboxylic acids is 1. The van der Waals surface area contributed by atoms with E-state index in [2.05, 4.69) is 21.2 Å². The number of carbonyl (C=O) groups is 1. The zero-order valence-corrected chi connectivity index (χ0v) is 12.7. The molecule has 1 amide bonds. The fraction of sp³-hybridized carbons (Fsp3) is 0.364. The Morgan fingerprint density at radius 3 is 2.76 bits per heavy atom. The van der Waals surface area contributed by atoms with Crippen molar-refractivity contribution in [1.82, 2.24) is 5.32 Å². The van der Waals surface area contributed by atoms with Gasteiger partial charge in [0.1, 0.15) is 0 Å². The normalized spacial score (nSPS) is 14.1. The first-order valence-corrected chi connectivity index (χ1v) is 7.86. The average Bonchev–Trinajstić information content (AvgIpc) is 2.20. The summed E-state index contributed by atoms with van der Waals surface area (Å²) in [5, 5.41) is 3.34. The van der Waals surface area contributed by atoms with E-state index in [4.69, 9.17) is 11.6 Å². The van der Waals surface area contributed by atoms with E-state index >= 15 is 0 Å². The van der Waals surface area contributed by atoms with Crippen LogP contribution in [0.4, 0.5) is 0 Å². The summed E-state index contributed by atoms with van der Waals surface area (Å²) in [6.45, 7) is 1.82. The van der Waals surface area contributed by atoms with Gasteiger partial charge in [-0.15, -0.1) is 0 Å². The minimum absolute atomic E-state index is 0.122. The topological polar surface area (TPSA) is 46.2 Å². The Bertz CT molecular complexity index is 453. The van der Waals surface area contributed by atoms with Gasteiger partial charge in [0.2, 0.25) is 0 Å². The van der Waals surface area contributed by atoms with Crippen LogP contribution in [0.1, 0.15) is 17.3 Å². The van der Waals surface area contributed by atoms with E-state index in [0.29, 0.717) is 20.8 Å². The SMILES string of the molecule is CC(CS(C)=O)NC(=O)c1ccc(Cl)c(Br)c1. The van der Waals surface area contributed by atoms with Crippen molar-refractivity contribution >= 4 is 44.2 Å². The largest absolute Gasteiger partial charge is 0.349 e. The molecule has 0 heterocycles. The van der Waals surface area contributed by atoms with Gasteiger partial charge < -0.3 is 5.32 Å². The Balaban J connectivity index is 2.70. The van der Waals surface area contributed by atoms with Gasteiger partial charge in [-0.05, 0) is 41.1 Å². The van der Waals surface area contributed by atoms with E-state index in [-0.39, 0.29) is 11.9 Å². The third-order valence-electron chi connectivity index (χ3n) is 2.04. The van der Waals surface area contributed by atoms with E-state index in [1.807, 2.05) is 6.92 Å². The smallest absolute Gasteiger partial charge is 0.251 e. The second kappa shape index (κ2) is 6.52. The van der Waals surface area contributed by atoms with Crippen molar-refractivity contribution in [2.75, 3.05) is 12.0 Å². The maximum atomic E-state index is 11.8. The summed E-state index contributed by atoms with van der Waals surface area (Å²) in [6, 6.07) is 4.84. The summed E-state index contributed by atoms with van der Waals surface area (Å²) < 4.78 is 11.7. The second-order valence-corrected chi connectivity index (χ2v) is 6.48. The molecule has 2 atom stereocenters. The monoisotopic (exact) mass is 337 g/mol. The minimum Gasteiger partial charge on any atom is -0.349 e. The van der Waals surface area contributed by atoms with Gasteiger partial charge in [-0.2, -0.15) is 0 Å². The van der Waals surface area contributed by atoms with Gasteiger partial charge in [-0.3, -0.25) is 9.00 Å². The summed E-state index contributed by atoms with van der Waals surface area (Å²) in [4.78, 5) is 11.8. The number of benzene rings is 1. The molecule has 0 radical (unpaired) electrons. The van der Waals surface area contributed by atoms with Crippen LogP contribution >= 0.6 is 27.5 Å². The Morgan fingerprint density at radius 2 is 2.24 bits per heavy atom. The van der Waals surface area contributed by atoms with Crippen LogP contribution in [0.25, 0.3) is 0 Å². The lowest BCUT2D eigenvalue weighted by Gasteiger charge is -2.12. The molecule has 0 bridgehead atoms. The molecule has 1 N–H and O–H groups in total. The van der Waals surface area contributed by atoms with Crippen LogP contribution in [0.2, 0.25) is 5.02 Å². The van der Waals surface area contributed by atoms with Crippen molar-refractivity contribution < 1.29 is 9.00 Å². The maximum absolute atomic E-state index is 11.8. The standard InChI is InChI=1S/C11H13BrClNO2S/c1-7(6-17(2)16)14-11(15)8-3-4-10(13)9(12)5-8/h3-5,7H,6H2,1-2H3,(H,14,15). The quantitative estimate of drug-likeness (QED) is 0.917. The zero-order chi connectivity index (χ0) is 13.0. The molecule has 17 heavy (non-hydrogen) atoms. The van der Waals surface area contributed by atoms with Gasteiger partial charge >= 0.3 is 0 Å². The molecule has 3 nitrogen and oxygen atoms in total. The number of halogens is 2. The highest BCUT2D eigenvalue weighted by Crippen LogP contribution is 2.23. The molecule has 0 spiro atoms. The van der Waals surface area contributed by atoms with Gasteiger partial charge in [0.15, 0.2) is 0 Å². The van der Waals surface area contributed by atoms with Gasteiger partial charge in [0, 0.05) is 38.9 Å². The predicted molar refractivity (Wildman–Crippen MR) is 75.0 cm³/mol. The first-order valence-electron chi connectivity index (χ1n) is 4.96. The van der Waals surface area contributed by atoms with E-state index < -0.39 is 10.8 Å². The molecule has 0 aliphatic rings. The third-order valence-corrected chi connectivity index (χ3v) is 4.23. The van der Waals surface area contributed by atoms with Crippen LogP contribution in [0.3, 0.4) is 0 Å². The van der Waals surface area contributed by atoms with Crippen LogP contribution in [0, 0.1) is 0 Å².